The van der Waals surface area contributed by atoms with Gasteiger partial charge in [0.05, 0.1) is 25.2 Å². The van der Waals surface area contributed by atoms with E-state index in [0.717, 1.165) is 11.1 Å². The van der Waals surface area contributed by atoms with Crippen molar-refractivity contribution >= 4 is 17.6 Å². The Morgan fingerprint density at radius 2 is 1.74 bits per heavy atom. The summed E-state index contributed by atoms with van der Waals surface area (Å²) in [6.07, 6.45) is 0. The van der Waals surface area contributed by atoms with Crippen LogP contribution in [0.15, 0.2) is 66.7 Å². The smallest absolute Gasteiger partial charge is 0.333 e. The fourth-order valence-electron chi connectivity index (χ4n) is 3.98. The highest BCUT2D eigenvalue weighted by atomic mass is 16.6. The zero-order valence-electron chi connectivity index (χ0n) is 18.6. The monoisotopic (exact) mass is 462 g/mol. The molecule has 1 heterocycles. The van der Waals surface area contributed by atoms with Crippen LogP contribution in [0.25, 0.3) is 0 Å². The predicted molar refractivity (Wildman–Crippen MR) is 121 cm³/mol. The van der Waals surface area contributed by atoms with Crippen LogP contribution >= 0.6 is 0 Å². The summed E-state index contributed by atoms with van der Waals surface area (Å²) in [6.45, 7) is 0.272. The molecule has 0 aliphatic carbocycles. The summed E-state index contributed by atoms with van der Waals surface area (Å²) in [5.41, 5.74) is 1.59. The van der Waals surface area contributed by atoms with E-state index < -0.39 is 28.5 Å². The molecule has 0 spiro atoms. The molecule has 0 fully saturated rings. The fourth-order valence-corrected chi connectivity index (χ4v) is 3.98. The third-order valence-corrected chi connectivity index (χ3v) is 5.63. The third kappa shape index (κ3) is 4.27. The number of esters is 1. The number of rotatable bonds is 7. The van der Waals surface area contributed by atoms with Crippen LogP contribution < -0.4 is 9.47 Å². The Morgan fingerprint density at radius 3 is 2.41 bits per heavy atom. The average molecular weight is 462 g/mol. The molecule has 0 aromatic heterocycles. The molecule has 1 aliphatic heterocycles. The van der Waals surface area contributed by atoms with E-state index >= 15 is 0 Å². The second kappa shape index (κ2) is 9.62. The summed E-state index contributed by atoms with van der Waals surface area (Å²) in [7, 11) is 2.62. The summed E-state index contributed by atoms with van der Waals surface area (Å²) in [6, 6.07) is 17.8. The molecule has 0 radical (unpaired) electrons. The molecule has 0 bridgehead atoms. The highest BCUT2D eigenvalue weighted by Crippen LogP contribution is 2.40. The Morgan fingerprint density at radius 1 is 1.03 bits per heavy atom. The maximum Gasteiger partial charge on any atom is 0.333 e. The zero-order chi connectivity index (χ0) is 24.2. The number of nitrogens with zero attached hydrogens (tertiary/aromatic N) is 2. The van der Waals surface area contributed by atoms with Gasteiger partial charge in [0.2, 0.25) is 0 Å². The first-order valence-corrected chi connectivity index (χ1v) is 10.4. The molecular formula is C25H22N2O7. The summed E-state index contributed by atoms with van der Waals surface area (Å²) >= 11 is 0. The molecule has 9 heteroatoms. The molecule has 34 heavy (non-hydrogen) atoms. The minimum atomic E-state index is -1.01. The Kier molecular flexibility index (Phi) is 6.44. The van der Waals surface area contributed by atoms with E-state index in [0.29, 0.717) is 5.56 Å². The van der Waals surface area contributed by atoms with Gasteiger partial charge in [-0.05, 0) is 16.7 Å². The Balaban J connectivity index is 1.71. The lowest BCUT2D eigenvalue weighted by molar-refractivity contribution is -0.385. The fraction of sp³-hybridized carbons (Fsp3) is 0.200. The first-order chi connectivity index (χ1) is 16.4. The number of carbonyl (C=O) groups is 2. The summed E-state index contributed by atoms with van der Waals surface area (Å²) in [5, 5.41) is 11.9. The van der Waals surface area contributed by atoms with Gasteiger partial charge in [-0.2, -0.15) is 0 Å². The molecule has 3 aromatic rings. The Bertz CT molecular complexity index is 1240. The van der Waals surface area contributed by atoms with Gasteiger partial charge in [-0.1, -0.05) is 54.6 Å². The van der Waals surface area contributed by atoms with Crippen LogP contribution in [0.4, 0.5) is 5.69 Å². The molecular weight excluding hydrogens is 440 g/mol. The number of fused-ring (bicyclic) bond motifs is 1. The van der Waals surface area contributed by atoms with Crippen LogP contribution in [0.1, 0.15) is 33.1 Å². The van der Waals surface area contributed by atoms with Crippen LogP contribution in [0.3, 0.4) is 0 Å². The quantitative estimate of drug-likeness (QED) is 0.296. The van der Waals surface area contributed by atoms with E-state index in [1.807, 2.05) is 30.3 Å². The molecule has 1 amide bonds. The number of benzene rings is 3. The summed E-state index contributed by atoms with van der Waals surface area (Å²) < 4.78 is 16.0. The Hall–Kier alpha value is -4.40. The number of amides is 1. The highest BCUT2D eigenvalue weighted by Gasteiger charge is 2.41. The average Bonchev–Trinajstić information content (AvgIpc) is 3.26. The second-order valence-electron chi connectivity index (χ2n) is 7.61. The SMILES string of the molecule is COC(=O)[C@H]1c2ccccc2CN1C(=O)c1cc(OC)c(OCc2ccccc2)cc1[N+](=O)[O-]. The first kappa shape index (κ1) is 22.8. The lowest BCUT2D eigenvalue weighted by atomic mass is 10.0. The molecule has 0 saturated heterocycles. The minimum Gasteiger partial charge on any atom is -0.493 e. The van der Waals surface area contributed by atoms with E-state index in [4.69, 9.17) is 14.2 Å². The second-order valence-corrected chi connectivity index (χ2v) is 7.61. The van der Waals surface area contributed by atoms with Gasteiger partial charge < -0.3 is 19.1 Å². The predicted octanol–water partition coefficient (Wildman–Crippen LogP) is 4.05. The van der Waals surface area contributed by atoms with Crippen molar-refractivity contribution in [1.29, 1.82) is 0 Å². The van der Waals surface area contributed by atoms with Crippen LogP contribution in [0.2, 0.25) is 0 Å². The molecule has 9 nitrogen and oxygen atoms in total. The number of methoxy groups -OCH3 is 2. The van der Waals surface area contributed by atoms with Gasteiger partial charge >= 0.3 is 5.97 Å². The van der Waals surface area contributed by atoms with E-state index in [1.54, 1.807) is 24.3 Å². The van der Waals surface area contributed by atoms with Crippen molar-refractivity contribution in [1.82, 2.24) is 4.90 Å². The normalized spacial score (nSPS) is 14.3. The van der Waals surface area contributed by atoms with Crippen molar-refractivity contribution in [3.05, 3.63) is 99.1 Å². The molecule has 3 aromatic carbocycles. The molecule has 1 atom stereocenters. The van der Waals surface area contributed by atoms with Crippen molar-refractivity contribution in [3.63, 3.8) is 0 Å². The van der Waals surface area contributed by atoms with Gasteiger partial charge in [0, 0.05) is 12.6 Å². The lowest BCUT2D eigenvalue weighted by Gasteiger charge is -2.23. The topological polar surface area (TPSA) is 108 Å². The largest absolute Gasteiger partial charge is 0.493 e. The van der Waals surface area contributed by atoms with Gasteiger partial charge in [0.25, 0.3) is 11.6 Å². The number of carbonyl (C=O) groups excluding carboxylic acids is 2. The molecule has 0 saturated carbocycles. The number of ether oxygens (including phenoxy) is 3. The van der Waals surface area contributed by atoms with Crippen LogP contribution in [0.5, 0.6) is 11.5 Å². The number of hydrogen-bond donors (Lipinski definition) is 0. The van der Waals surface area contributed by atoms with Crippen molar-refractivity contribution in [2.75, 3.05) is 14.2 Å². The zero-order valence-corrected chi connectivity index (χ0v) is 18.6. The van der Waals surface area contributed by atoms with E-state index in [1.165, 1.54) is 31.3 Å². The first-order valence-electron chi connectivity index (χ1n) is 10.4. The molecule has 1 aliphatic rings. The van der Waals surface area contributed by atoms with Crippen LogP contribution in [0, 0.1) is 10.1 Å². The maximum atomic E-state index is 13.5. The third-order valence-electron chi connectivity index (χ3n) is 5.63. The van der Waals surface area contributed by atoms with Gasteiger partial charge in [-0.25, -0.2) is 4.79 Å². The maximum absolute atomic E-state index is 13.5. The van der Waals surface area contributed by atoms with Crippen LogP contribution in [-0.4, -0.2) is 35.9 Å². The highest BCUT2D eigenvalue weighted by molar-refractivity contribution is 6.01. The van der Waals surface area contributed by atoms with Crippen molar-refractivity contribution in [2.45, 2.75) is 19.2 Å². The molecule has 0 unspecified atom stereocenters. The summed E-state index contributed by atoms with van der Waals surface area (Å²) in [5.74, 6) is -1.03. The number of hydrogen-bond acceptors (Lipinski definition) is 7. The van der Waals surface area contributed by atoms with Crippen LogP contribution in [-0.2, 0) is 22.7 Å². The standard InChI is InChI=1S/C25H22N2O7/c1-32-21-12-19(20(27(30)31)13-22(21)34-15-16-8-4-3-5-9-16)24(28)26-14-17-10-6-7-11-18(17)23(26)25(29)33-2/h3-13,23H,14-15H2,1-2H3/t23-/m1/s1. The van der Waals surface area contributed by atoms with Gasteiger partial charge in [0.15, 0.2) is 17.5 Å². The minimum absolute atomic E-state index is 0.112. The van der Waals surface area contributed by atoms with Gasteiger partial charge in [-0.15, -0.1) is 0 Å². The van der Waals surface area contributed by atoms with E-state index in [2.05, 4.69) is 0 Å². The molecule has 0 N–H and O–H groups in total. The van der Waals surface area contributed by atoms with Gasteiger partial charge in [-0.3, -0.25) is 14.9 Å². The Labute approximate surface area is 195 Å². The van der Waals surface area contributed by atoms with Crippen molar-refractivity contribution in [3.8, 4) is 11.5 Å². The van der Waals surface area contributed by atoms with E-state index in [9.17, 15) is 19.7 Å². The molecule has 4 rings (SSSR count). The summed E-state index contributed by atoms with van der Waals surface area (Å²) in [4.78, 5) is 38.6. The van der Waals surface area contributed by atoms with Crippen molar-refractivity contribution in [2.24, 2.45) is 0 Å². The lowest BCUT2D eigenvalue weighted by Crippen LogP contribution is -2.35. The number of nitro groups is 1. The van der Waals surface area contributed by atoms with Crippen molar-refractivity contribution < 1.29 is 28.7 Å². The van der Waals surface area contributed by atoms with Gasteiger partial charge in [0.1, 0.15) is 12.2 Å². The molecule has 174 valence electrons. The van der Waals surface area contributed by atoms with E-state index in [-0.39, 0.29) is 30.2 Å². The number of nitro benzene ring substituents is 1.